The van der Waals surface area contributed by atoms with E-state index >= 15 is 0 Å². The number of carbonyl (C=O) groups is 1. The average Bonchev–Trinajstić information content (AvgIpc) is 2.64. The number of likely N-dealkylation sites (tertiary alicyclic amines) is 1. The molecule has 2 heterocycles. The van der Waals surface area contributed by atoms with Gasteiger partial charge in [-0.05, 0) is 49.7 Å². The van der Waals surface area contributed by atoms with Crippen LogP contribution in [0.4, 0.5) is 4.39 Å². The first kappa shape index (κ1) is 17.4. The van der Waals surface area contributed by atoms with Crippen molar-refractivity contribution in [1.82, 2.24) is 4.90 Å². The van der Waals surface area contributed by atoms with E-state index in [9.17, 15) is 14.3 Å². The van der Waals surface area contributed by atoms with Crippen LogP contribution in [0.1, 0.15) is 31.2 Å². The zero-order chi connectivity index (χ0) is 17.0. The maximum atomic E-state index is 14.1. The molecule has 24 heavy (non-hydrogen) atoms. The molecule has 132 valence electrons. The van der Waals surface area contributed by atoms with Gasteiger partial charge in [-0.3, -0.25) is 4.79 Å². The van der Waals surface area contributed by atoms with Crippen LogP contribution in [0.25, 0.3) is 0 Å². The molecule has 0 saturated carbocycles. The third-order valence-electron chi connectivity index (χ3n) is 5.55. The van der Waals surface area contributed by atoms with Crippen molar-refractivity contribution >= 4 is 5.91 Å². The number of piperidine rings is 1. The topological polar surface area (TPSA) is 49.8 Å². The van der Waals surface area contributed by atoms with Crippen molar-refractivity contribution in [3.63, 3.8) is 0 Å². The van der Waals surface area contributed by atoms with Gasteiger partial charge in [0, 0.05) is 32.9 Å². The number of halogens is 1. The lowest BCUT2D eigenvalue weighted by Gasteiger charge is -2.42. The highest BCUT2D eigenvalue weighted by atomic mass is 19.1. The van der Waals surface area contributed by atoms with E-state index in [0.29, 0.717) is 57.0 Å². The van der Waals surface area contributed by atoms with Gasteiger partial charge in [-0.1, -0.05) is 18.2 Å². The fourth-order valence-electron chi connectivity index (χ4n) is 3.89. The number of rotatable bonds is 4. The highest BCUT2D eigenvalue weighted by molar-refractivity contribution is 5.83. The van der Waals surface area contributed by atoms with Gasteiger partial charge in [-0.25, -0.2) is 4.39 Å². The van der Waals surface area contributed by atoms with Gasteiger partial charge in [-0.15, -0.1) is 0 Å². The zero-order valence-corrected chi connectivity index (χ0v) is 14.0. The molecular formula is C19H26FNO3. The molecule has 5 heteroatoms. The highest BCUT2D eigenvalue weighted by Crippen LogP contribution is 2.38. The molecule has 1 N–H and O–H groups in total. The fraction of sp³-hybridized carbons (Fsp3) is 0.632. The quantitative estimate of drug-likeness (QED) is 0.919. The van der Waals surface area contributed by atoms with Gasteiger partial charge in [-0.2, -0.15) is 0 Å². The summed E-state index contributed by atoms with van der Waals surface area (Å²) in [5.74, 6) is 0.187. The van der Waals surface area contributed by atoms with Gasteiger partial charge in [0.05, 0.1) is 5.41 Å². The zero-order valence-electron chi connectivity index (χ0n) is 14.0. The Morgan fingerprint density at radius 3 is 2.54 bits per heavy atom. The first-order valence-electron chi connectivity index (χ1n) is 8.86. The summed E-state index contributed by atoms with van der Waals surface area (Å²) in [6.45, 7) is 2.66. The second kappa shape index (κ2) is 7.62. The summed E-state index contributed by atoms with van der Waals surface area (Å²) in [7, 11) is 0. The number of hydrogen-bond acceptors (Lipinski definition) is 3. The second-order valence-electron chi connectivity index (χ2n) is 7.08. The van der Waals surface area contributed by atoms with Crippen LogP contribution in [0.3, 0.4) is 0 Å². The highest BCUT2D eigenvalue weighted by Gasteiger charge is 2.43. The number of carbonyl (C=O) groups excluding carboxylic acids is 1. The molecule has 1 aromatic rings. The van der Waals surface area contributed by atoms with Crippen LogP contribution in [0, 0.1) is 17.2 Å². The van der Waals surface area contributed by atoms with Crippen molar-refractivity contribution in [2.24, 2.45) is 11.3 Å². The Balaban J connectivity index is 1.78. The molecule has 2 aliphatic rings. The standard InChI is InChI=1S/C19H26FNO3/c20-17-4-2-1-3-16(17)13-19(7-11-24-12-8-19)18(23)21-9-5-15(14-22)6-10-21/h1-4,15,22H,5-14H2. The SMILES string of the molecule is O=C(N1CCC(CO)CC1)C1(Cc2ccccc2F)CCOCC1. The molecule has 0 aliphatic carbocycles. The Morgan fingerprint density at radius 1 is 1.25 bits per heavy atom. The number of ether oxygens (including phenoxy) is 1. The van der Waals surface area contributed by atoms with Crippen molar-refractivity contribution in [1.29, 1.82) is 0 Å². The van der Waals surface area contributed by atoms with Crippen LogP contribution in [0.2, 0.25) is 0 Å². The van der Waals surface area contributed by atoms with Gasteiger partial charge >= 0.3 is 0 Å². The summed E-state index contributed by atoms with van der Waals surface area (Å²) in [5.41, 5.74) is 0.0463. The lowest BCUT2D eigenvalue weighted by atomic mass is 9.73. The number of aliphatic hydroxyl groups is 1. The number of amides is 1. The number of benzene rings is 1. The van der Waals surface area contributed by atoms with Crippen molar-refractivity contribution < 1.29 is 19.0 Å². The second-order valence-corrected chi connectivity index (χ2v) is 7.08. The van der Waals surface area contributed by atoms with Crippen LogP contribution in [0.5, 0.6) is 0 Å². The largest absolute Gasteiger partial charge is 0.396 e. The average molecular weight is 335 g/mol. The van der Waals surface area contributed by atoms with Gasteiger partial charge in [0.2, 0.25) is 5.91 Å². The van der Waals surface area contributed by atoms with E-state index in [1.807, 2.05) is 11.0 Å². The summed E-state index contributed by atoms with van der Waals surface area (Å²) in [5, 5.41) is 9.28. The molecule has 1 amide bonds. The molecule has 4 nitrogen and oxygen atoms in total. The van der Waals surface area contributed by atoms with E-state index in [1.54, 1.807) is 12.1 Å². The molecule has 0 unspecified atom stereocenters. The summed E-state index contributed by atoms with van der Waals surface area (Å²) in [6, 6.07) is 6.73. The molecule has 2 aliphatic heterocycles. The van der Waals surface area contributed by atoms with E-state index in [-0.39, 0.29) is 18.3 Å². The van der Waals surface area contributed by atoms with Gasteiger partial charge in [0.25, 0.3) is 0 Å². The van der Waals surface area contributed by atoms with E-state index in [1.165, 1.54) is 6.07 Å². The molecule has 2 saturated heterocycles. The fourth-order valence-corrected chi connectivity index (χ4v) is 3.89. The van der Waals surface area contributed by atoms with Crippen LogP contribution in [0.15, 0.2) is 24.3 Å². The molecule has 0 radical (unpaired) electrons. The molecule has 0 atom stereocenters. The van der Waals surface area contributed by atoms with Crippen LogP contribution >= 0.6 is 0 Å². The Kier molecular flexibility index (Phi) is 5.51. The normalized spacial score (nSPS) is 21.7. The Labute approximate surface area is 142 Å². The summed E-state index contributed by atoms with van der Waals surface area (Å²) < 4.78 is 19.6. The lowest BCUT2D eigenvalue weighted by Crippen LogP contribution is -2.50. The summed E-state index contributed by atoms with van der Waals surface area (Å²) in [4.78, 5) is 15.2. The lowest BCUT2D eigenvalue weighted by molar-refractivity contribution is -0.149. The minimum atomic E-state index is -0.563. The van der Waals surface area contributed by atoms with Crippen molar-refractivity contribution in [3.05, 3.63) is 35.6 Å². The van der Waals surface area contributed by atoms with E-state index in [0.717, 1.165) is 12.8 Å². The molecule has 3 rings (SSSR count). The Hall–Kier alpha value is -1.46. The summed E-state index contributed by atoms with van der Waals surface area (Å²) in [6.07, 6.45) is 3.39. The Morgan fingerprint density at radius 2 is 1.92 bits per heavy atom. The summed E-state index contributed by atoms with van der Waals surface area (Å²) >= 11 is 0. The molecular weight excluding hydrogens is 309 g/mol. The third-order valence-corrected chi connectivity index (χ3v) is 5.55. The molecule has 1 aromatic carbocycles. The Bertz CT molecular complexity index is 563. The van der Waals surface area contributed by atoms with Crippen LogP contribution in [-0.4, -0.2) is 48.8 Å². The van der Waals surface area contributed by atoms with Crippen LogP contribution < -0.4 is 0 Å². The smallest absolute Gasteiger partial charge is 0.229 e. The van der Waals surface area contributed by atoms with Crippen molar-refractivity contribution in [3.8, 4) is 0 Å². The van der Waals surface area contributed by atoms with Crippen molar-refractivity contribution in [2.75, 3.05) is 32.9 Å². The van der Waals surface area contributed by atoms with Crippen molar-refractivity contribution in [2.45, 2.75) is 32.1 Å². The monoisotopic (exact) mass is 335 g/mol. The van der Waals surface area contributed by atoms with Crippen LogP contribution in [-0.2, 0) is 16.0 Å². The number of nitrogens with zero attached hydrogens (tertiary/aromatic N) is 1. The van der Waals surface area contributed by atoms with Gasteiger partial charge in [0.15, 0.2) is 0 Å². The predicted octanol–water partition coefficient (Wildman–Crippen LogP) is 2.40. The molecule has 0 aromatic heterocycles. The van der Waals surface area contributed by atoms with Gasteiger partial charge < -0.3 is 14.7 Å². The number of hydrogen-bond donors (Lipinski definition) is 1. The minimum absolute atomic E-state index is 0.130. The maximum absolute atomic E-state index is 14.1. The first-order chi connectivity index (χ1) is 11.6. The third kappa shape index (κ3) is 3.62. The van der Waals surface area contributed by atoms with E-state index < -0.39 is 5.41 Å². The van der Waals surface area contributed by atoms with Gasteiger partial charge in [0.1, 0.15) is 5.82 Å². The molecule has 0 bridgehead atoms. The predicted molar refractivity (Wildman–Crippen MR) is 89.0 cm³/mol. The molecule has 0 spiro atoms. The van der Waals surface area contributed by atoms with E-state index in [2.05, 4.69) is 0 Å². The first-order valence-corrected chi connectivity index (χ1v) is 8.86. The maximum Gasteiger partial charge on any atom is 0.229 e. The number of aliphatic hydroxyl groups excluding tert-OH is 1. The minimum Gasteiger partial charge on any atom is -0.396 e. The van der Waals surface area contributed by atoms with E-state index in [4.69, 9.17) is 4.74 Å². The molecule has 2 fully saturated rings.